The Bertz CT molecular complexity index is 1250. The van der Waals surface area contributed by atoms with E-state index in [1.54, 1.807) is 4.90 Å². The van der Waals surface area contributed by atoms with E-state index < -0.39 is 15.9 Å². The van der Waals surface area contributed by atoms with Crippen molar-refractivity contribution in [2.45, 2.75) is 50.8 Å². The lowest BCUT2D eigenvalue weighted by Crippen LogP contribution is -2.48. The highest BCUT2D eigenvalue weighted by molar-refractivity contribution is 7.89. The number of nitriles is 1. The lowest BCUT2D eigenvalue weighted by molar-refractivity contribution is -0.129. The Kier molecular flexibility index (Phi) is 6.78. The van der Waals surface area contributed by atoms with Gasteiger partial charge in [-0.05, 0) is 50.1 Å². The molecule has 1 aromatic carbocycles. The van der Waals surface area contributed by atoms with Crippen LogP contribution in [0.3, 0.4) is 0 Å². The third kappa shape index (κ3) is 4.72. The van der Waals surface area contributed by atoms with Crippen molar-refractivity contribution in [3.63, 3.8) is 0 Å². The lowest BCUT2D eigenvalue weighted by Gasteiger charge is -2.34. The summed E-state index contributed by atoms with van der Waals surface area (Å²) in [6, 6.07) is 7.95. The molecule has 0 radical (unpaired) electrons. The molecule has 2 aliphatic heterocycles. The first-order valence-electron chi connectivity index (χ1n) is 11.0. The number of thiophene rings is 1. The molecular weight excluding hydrogens is 476 g/mol. The predicted octanol–water partition coefficient (Wildman–Crippen LogP) is 2.57. The maximum absolute atomic E-state index is 13.0. The highest BCUT2D eigenvalue weighted by atomic mass is 32.2. The first-order valence-corrected chi connectivity index (χ1v) is 13.2. The standard InChI is InChI=1S/C23H26N4O5S2/c1-14-11-27(12-15(2)32-14)34(30,31)18-6-4-17(5-7-18)22(29)25-23-20(10-24)19-8-9-26(16(3)28)13-21(19)33-23/h4-7,14-15H,8-9,11-13H2,1-3H3,(H,25,29). The van der Waals surface area contributed by atoms with Crippen molar-refractivity contribution in [3.8, 4) is 6.07 Å². The smallest absolute Gasteiger partial charge is 0.256 e. The van der Waals surface area contributed by atoms with Crippen LogP contribution in [0.25, 0.3) is 0 Å². The van der Waals surface area contributed by atoms with Crippen molar-refractivity contribution in [2.24, 2.45) is 0 Å². The number of carbonyl (C=O) groups is 2. The van der Waals surface area contributed by atoms with Gasteiger partial charge in [0.05, 0.1) is 29.2 Å². The van der Waals surface area contributed by atoms with Gasteiger partial charge in [0.25, 0.3) is 5.91 Å². The molecule has 1 N–H and O–H groups in total. The van der Waals surface area contributed by atoms with Gasteiger partial charge in [0.2, 0.25) is 15.9 Å². The molecule has 2 atom stereocenters. The molecule has 4 rings (SSSR count). The SMILES string of the molecule is CC(=O)N1CCc2c(sc(NC(=O)c3ccc(S(=O)(=O)N4CC(C)OC(C)C4)cc3)c2C#N)C1. The molecule has 9 nitrogen and oxygen atoms in total. The number of nitrogens with one attached hydrogen (secondary N) is 1. The van der Waals surface area contributed by atoms with Gasteiger partial charge in [0, 0.05) is 37.0 Å². The fourth-order valence-electron chi connectivity index (χ4n) is 4.31. The van der Waals surface area contributed by atoms with Gasteiger partial charge in [-0.15, -0.1) is 11.3 Å². The molecule has 34 heavy (non-hydrogen) atoms. The zero-order valence-electron chi connectivity index (χ0n) is 19.2. The molecule has 2 aromatic rings. The highest BCUT2D eigenvalue weighted by Gasteiger charge is 2.32. The molecule has 2 amide bonds. The maximum Gasteiger partial charge on any atom is 0.256 e. The van der Waals surface area contributed by atoms with Crippen molar-refractivity contribution >= 4 is 38.2 Å². The first kappa shape index (κ1) is 24.3. The normalized spacial score (nSPS) is 20.9. The van der Waals surface area contributed by atoms with E-state index in [-0.39, 0.29) is 41.7 Å². The third-order valence-corrected chi connectivity index (χ3v) is 8.96. The molecule has 11 heteroatoms. The number of hydrogen-bond acceptors (Lipinski definition) is 7. The van der Waals surface area contributed by atoms with Gasteiger partial charge < -0.3 is 15.0 Å². The number of fused-ring (bicyclic) bond motifs is 1. The number of anilines is 1. The van der Waals surface area contributed by atoms with Crippen LogP contribution in [0.15, 0.2) is 29.2 Å². The number of rotatable bonds is 4. The van der Waals surface area contributed by atoms with Gasteiger partial charge in [0.1, 0.15) is 11.1 Å². The van der Waals surface area contributed by atoms with Crippen LogP contribution in [0.1, 0.15) is 47.1 Å². The predicted molar refractivity (Wildman–Crippen MR) is 127 cm³/mol. The van der Waals surface area contributed by atoms with E-state index in [2.05, 4.69) is 11.4 Å². The molecule has 1 aromatic heterocycles. The number of hydrogen-bond donors (Lipinski definition) is 1. The van der Waals surface area contributed by atoms with E-state index in [4.69, 9.17) is 4.74 Å². The van der Waals surface area contributed by atoms with E-state index in [0.717, 1.165) is 10.4 Å². The highest BCUT2D eigenvalue weighted by Crippen LogP contribution is 2.37. The van der Waals surface area contributed by atoms with Crippen LogP contribution < -0.4 is 5.32 Å². The topological polar surface area (TPSA) is 120 Å². The van der Waals surface area contributed by atoms with Gasteiger partial charge in [-0.2, -0.15) is 9.57 Å². The van der Waals surface area contributed by atoms with Gasteiger partial charge in [-0.25, -0.2) is 8.42 Å². The molecule has 0 bridgehead atoms. The van der Waals surface area contributed by atoms with E-state index in [9.17, 15) is 23.3 Å². The zero-order chi connectivity index (χ0) is 24.6. The van der Waals surface area contributed by atoms with Crippen LogP contribution in [-0.2, 0) is 32.5 Å². The van der Waals surface area contributed by atoms with Crippen molar-refractivity contribution in [3.05, 3.63) is 45.8 Å². The van der Waals surface area contributed by atoms with Crippen LogP contribution in [-0.4, -0.2) is 61.3 Å². The molecular formula is C23H26N4O5S2. The Morgan fingerprint density at radius 1 is 1.18 bits per heavy atom. The van der Waals surface area contributed by atoms with Gasteiger partial charge in [0.15, 0.2) is 0 Å². The van der Waals surface area contributed by atoms with Gasteiger partial charge in [-0.1, -0.05) is 0 Å². The zero-order valence-corrected chi connectivity index (χ0v) is 20.8. The molecule has 2 aliphatic rings. The Balaban J connectivity index is 1.51. The van der Waals surface area contributed by atoms with Gasteiger partial charge >= 0.3 is 0 Å². The monoisotopic (exact) mass is 502 g/mol. The number of nitrogens with zero attached hydrogens (tertiary/aromatic N) is 3. The minimum atomic E-state index is -3.71. The van der Waals surface area contributed by atoms with Gasteiger partial charge in [-0.3, -0.25) is 9.59 Å². The second-order valence-corrected chi connectivity index (χ2v) is 11.6. The number of ether oxygens (including phenoxy) is 1. The molecule has 1 fully saturated rings. The number of benzene rings is 1. The number of carbonyl (C=O) groups excluding carboxylic acids is 2. The average Bonchev–Trinajstić information content (AvgIpc) is 3.14. The third-order valence-electron chi connectivity index (χ3n) is 5.98. The number of morpholine rings is 1. The lowest BCUT2D eigenvalue weighted by atomic mass is 10.0. The second kappa shape index (κ2) is 9.46. The first-order chi connectivity index (χ1) is 16.1. The molecule has 3 heterocycles. The van der Waals surface area contributed by atoms with Crippen LogP contribution in [0.5, 0.6) is 0 Å². The van der Waals surface area contributed by atoms with Crippen molar-refractivity contribution in [2.75, 3.05) is 25.0 Å². The molecule has 1 saturated heterocycles. The summed E-state index contributed by atoms with van der Waals surface area (Å²) in [5.74, 6) is -0.463. The minimum Gasteiger partial charge on any atom is -0.373 e. The summed E-state index contributed by atoms with van der Waals surface area (Å²) in [5, 5.41) is 12.9. The molecule has 0 spiro atoms. The summed E-state index contributed by atoms with van der Waals surface area (Å²) in [4.78, 5) is 27.3. The fourth-order valence-corrected chi connectivity index (χ4v) is 7.11. The minimum absolute atomic E-state index is 0.0285. The van der Waals surface area contributed by atoms with Crippen molar-refractivity contribution < 1.29 is 22.7 Å². The Hall–Kier alpha value is -2.78. The van der Waals surface area contributed by atoms with E-state index in [0.29, 0.717) is 30.1 Å². The average molecular weight is 503 g/mol. The summed E-state index contributed by atoms with van der Waals surface area (Å²) < 4.78 is 33.1. The number of sulfonamides is 1. The maximum atomic E-state index is 13.0. The largest absolute Gasteiger partial charge is 0.373 e. The van der Waals surface area contributed by atoms with Crippen LogP contribution in [0.4, 0.5) is 5.00 Å². The molecule has 0 saturated carbocycles. The van der Waals surface area contributed by atoms with E-state index >= 15 is 0 Å². The summed E-state index contributed by atoms with van der Waals surface area (Å²) in [5.41, 5.74) is 1.57. The summed E-state index contributed by atoms with van der Waals surface area (Å²) in [7, 11) is -3.71. The molecule has 180 valence electrons. The fraction of sp³-hybridized carbons (Fsp3) is 0.435. The Morgan fingerprint density at radius 3 is 2.41 bits per heavy atom. The van der Waals surface area contributed by atoms with E-state index in [1.807, 2.05) is 13.8 Å². The molecule has 0 aliphatic carbocycles. The summed E-state index contributed by atoms with van der Waals surface area (Å²) >= 11 is 1.29. The van der Waals surface area contributed by atoms with Crippen molar-refractivity contribution in [1.82, 2.24) is 9.21 Å². The summed E-state index contributed by atoms with van der Waals surface area (Å²) in [6.45, 7) is 6.69. The van der Waals surface area contributed by atoms with E-state index in [1.165, 1.54) is 46.8 Å². The Labute approximate surface area is 203 Å². The summed E-state index contributed by atoms with van der Waals surface area (Å²) in [6.07, 6.45) is 0.171. The quantitative estimate of drug-likeness (QED) is 0.686. The second-order valence-electron chi connectivity index (χ2n) is 8.57. The number of amides is 2. The van der Waals surface area contributed by atoms with Crippen LogP contribution in [0.2, 0.25) is 0 Å². The van der Waals surface area contributed by atoms with Crippen LogP contribution in [0, 0.1) is 11.3 Å². The Morgan fingerprint density at radius 2 is 1.82 bits per heavy atom. The van der Waals surface area contributed by atoms with Crippen LogP contribution >= 0.6 is 11.3 Å². The van der Waals surface area contributed by atoms with Crippen molar-refractivity contribution in [1.29, 1.82) is 5.26 Å². The molecule has 2 unspecified atom stereocenters.